The molecule has 31 heavy (non-hydrogen) atoms. The number of aromatic nitrogens is 2. The summed E-state index contributed by atoms with van der Waals surface area (Å²) in [5.41, 5.74) is 4.23. The second-order valence-corrected chi connectivity index (χ2v) is 8.03. The van der Waals surface area contributed by atoms with Crippen LogP contribution in [0, 0.1) is 20.8 Å². The second kappa shape index (κ2) is 7.76. The van der Waals surface area contributed by atoms with E-state index in [1.165, 1.54) is 6.07 Å². The number of anilines is 2. The monoisotopic (exact) mass is 428 g/mol. The summed E-state index contributed by atoms with van der Waals surface area (Å²) in [6.45, 7) is 5.72. The molecule has 0 saturated carbocycles. The van der Waals surface area contributed by atoms with Crippen LogP contribution in [-0.2, 0) is 0 Å². The topological polar surface area (TPSA) is 59.0 Å². The summed E-state index contributed by atoms with van der Waals surface area (Å²) in [7, 11) is 0. The summed E-state index contributed by atoms with van der Waals surface area (Å²) in [5.74, 6) is -0.381. The van der Waals surface area contributed by atoms with Crippen LogP contribution < -0.4 is 10.6 Å². The first kappa shape index (κ1) is 21.0. The Morgan fingerprint density at radius 3 is 2.39 bits per heavy atom. The summed E-state index contributed by atoms with van der Waals surface area (Å²) in [5, 5.41) is 9.86. The number of nitrogens with zero attached hydrogens (tertiary/aromatic N) is 2. The van der Waals surface area contributed by atoms with Crippen LogP contribution in [0.4, 0.5) is 24.7 Å². The van der Waals surface area contributed by atoms with Gasteiger partial charge in [-0.2, -0.15) is 18.3 Å². The number of fused-ring (bicyclic) bond motifs is 1. The summed E-state index contributed by atoms with van der Waals surface area (Å²) in [6.07, 6.45) is -4.70. The molecule has 0 radical (unpaired) electrons. The Hall–Kier alpha value is -3.29. The lowest BCUT2D eigenvalue weighted by atomic mass is 9.96. The molecule has 0 spiro atoms. The van der Waals surface area contributed by atoms with Gasteiger partial charge in [-0.1, -0.05) is 47.5 Å². The van der Waals surface area contributed by atoms with Crippen molar-refractivity contribution in [3.63, 3.8) is 0 Å². The first-order valence-corrected chi connectivity index (χ1v) is 10.00. The second-order valence-electron chi connectivity index (χ2n) is 8.03. The highest BCUT2D eigenvalue weighted by molar-refractivity contribution is 6.03. The van der Waals surface area contributed by atoms with Gasteiger partial charge < -0.3 is 10.6 Å². The Kier molecular flexibility index (Phi) is 5.24. The van der Waals surface area contributed by atoms with Crippen LogP contribution in [0.1, 0.15) is 51.2 Å². The molecule has 1 aliphatic rings. The predicted molar refractivity (Wildman–Crippen MR) is 113 cm³/mol. The van der Waals surface area contributed by atoms with Gasteiger partial charge in [-0.15, -0.1) is 0 Å². The van der Waals surface area contributed by atoms with E-state index in [4.69, 9.17) is 0 Å². The Bertz CT molecular complexity index is 1120. The molecule has 2 aromatic carbocycles. The van der Waals surface area contributed by atoms with E-state index >= 15 is 0 Å². The summed E-state index contributed by atoms with van der Waals surface area (Å²) >= 11 is 0. The van der Waals surface area contributed by atoms with Gasteiger partial charge in [-0.05, 0) is 38.0 Å². The van der Waals surface area contributed by atoms with Gasteiger partial charge in [-0.3, -0.25) is 4.79 Å². The number of carbonyl (C=O) groups is 1. The van der Waals surface area contributed by atoms with E-state index in [1.807, 2.05) is 57.2 Å². The lowest BCUT2D eigenvalue weighted by Gasteiger charge is -2.33. The van der Waals surface area contributed by atoms with Crippen molar-refractivity contribution in [3.05, 3.63) is 76.5 Å². The Labute approximate surface area is 178 Å². The highest BCUT2D eigenvalue weighted by Gasteiger charge is 2.46. The predicted octanol–water partition coefficient (Wildman–Crippen LogP) is 5.72. The molecule has 2 unspecified atom stereocenters. The summed E-state index contributed by atoms with van der Waals surface area (Å²) in [6, 6.07) is 11.9. The van der Waals surface area contributed by atoms with Gasteiger partial charge in [-0.25, -0.2) is 4.68 Å². The van der Waals surface area contributed by atoms with E-state index in [9.17, 15) is 18.0 Å². The van der Waals surface area contributed by atoms with Crippen molar-refractivity contribution in [2.45, 2.75) is 45.5 Å². The number of carbonyl (C=O) groups excluding carboxylic acids is 1. The van der Waals surface area contributed by atoms with Crippen LogP contribution >= 0.6 is 0 Å². The van der Waals surface area contributed by atoms with Crippen LogP contribution in [-0.4, -0.2) is 21.9 Å². The maximum atomic E-state index is 13.8. The number of hydrogen-bond donors (Lipinski definition) is 2. The number of rotatable bonds is 3. The number of hydrogen-bond acceptors (Lipinski definition) is 3. The van der Waals surface area contributed by atoms with Gasteiger partial charge in [0.2, 0.25) is 0 Å². The SMILES string of the molecule is Cc1ccc(C2CC(C(F)(F)F)n3nc(C(=O)Nc4ccc(C)cc4C)cc3N2)cc1. The first-order valence-electron chi connectivity index (χ1n) is 10.00. The van der Waals surface area contributed by atoms with E-state index in [-0.39, 0.29) is 17.9 Å². The Balaban J connectivity index is 1.64. The third-order valence-electron chi connectivity index (χ3n) is 5.53. The van der Waals surface area contributed by atoms with Crippen molar-refractivity contribution in [2.24, 2.45) is 0 Å². The third-order valence-corrected chi connectivity index (χ3v) is 5.53. The average Bonchev–Trinajstić information content (AvgIpc) is 3.13. The van der Waals surface area contributed by atoms with Gasteiger partial charge in [0.1, 0.15) is 5.82 Å². The summed E-state index contributed by atoms with van der Waals surface area (Å²) in [4.78, 5) is 12.7. The van der Waals surface area contributed by atoms with E-state index in [1.54, 1.807) is 6.07 Å². The van der Waals surface area contributed by atoms with Gasteiger partial charge >= 0.3 is 6.18 Å². The van der Waals surface area contributed by atoms with Crippen molar-refractivity contribution < 1.29 is 18.0 Å². The van der Waals surface area contributed by atoms with Crippen molar-refractivity contribution in [3.8, 4) is 0 Å². The Morgan fingerprint density at radius 2 is 1.74 bits per heavy atom. The minimum atomic E-state index is -4.49. The number of halogens is 3. The fourth-order valence-electron chi connectivity index (χ4n) is 3.84. The molecule has 0 bridgehead atoms. The van der Waals surface area contributed by atoms with Crippen LogP contribution in [0.2, 0.25) is 0 Å². The molecule has 0 saturated heterocycles. The zero-order valence-electron chi connectivity index (χ0n) is 17.4. The van der Waals surface area contributed by atoms with Crippen LogP contribution in [0.5, 0.6) is 0 Å². The molecule has 5 nitrogen and oxygen atoms in total. The standard InChI is InChI=1S/C23H23F3N4O/c1-13-4-7-16(8-5-13)18-11-20(23(24,25)26)30-21(27-18)12-19(29-30)22(31)28-17-9-6-14(2)10-15(17)3/h4-10,12,18,20,27H,11H2,1-3H3,(H,28,31). The van der Waals surface area contributed by atoms with Gasteiger partial charge in [0.05, 0.1) is 6.04 Å². The van der Waals surface area contributed by atoms with Crippen LogP contribution in [0.25, 0.3) is 0 Å². The molecule has 8 heteroatoms. The molecule has 2 heterocycles. The molecular weight excluding hydrogens is 405 g/mol. The number of nitrogens with one attached hydrogen (secondary N) is 2. The zero-order valence-corrected chi connectivity index (χ0v) is 17.4. The fourth-order valence-corrected chi connectivity index (χ4v) is 3.84. The van der Waals surface area contributed by atoms with E-state index in [0.717, 1.165) is 26.9 Å². The third kappa shape index (κ3) is 4.28. The van der Waals surface area contributed by atoms with E-state index < -0.39 is 24.2 Å². The maximum Gasteiger partial charge on any atom is 0.410 e. The Morgan fingerprint density at radius 1 is 1.06 bits per heavy atom. The van der Waals surface area contributed by atoms with Gasteiger partial charge in [0, 0.05) is 18.2 Å². The number of aryl methyl sites for hydroxylation is 3. The molecule has 1 aliphatic heterocycles. The molecule has 2 N–H and O–H groups in total. The highest BCUT2D eigenvalue weighted by atomic mass is 19.4. The molecule has 1 amide bonds. The fraction of sp³-hybridized carbons (Fsp3) is 0.304. The minimum Gasteiger partial charge on any atom is -0.363 e. The van der Waals surface area contributed by atoms with Crippen LogP contribution in [0.15, 0.2) is 48.5 Å². The quantitative estimate of drug-likeness (QED) is 0.561. The molecule has 4 rings (SSSR count). The average molecular weight is 428 g/mol. The lowest BCUT2D eigenvalue weighted by Crippen LogP contribution is -2.35. The number of alkyl halides is 3. The molecule has 2 atom stereocenters. The molecule has 1 aromatic heterocycles. The van der Waals surface area contributed by atoms with E-state index in [0.29, 0.717) is 5.69 Å². The maximum absolute atomic E-state index is 13.8. The molecule has 0 aliphatic carbocycles. The molecular formula is C23H23F3N4O. The van der Waals surface area contributed by atoms with Gasteiger partial charge in [0.25, 0.3) is 5.91 Å². The lowest BCUT2D eigenvalue weighted by molar-refractivity contribution is -0.173. The molecule has 3 aromatic rings. The largest absolute Gasteiger partial charge is 0.410 e. The normalized spacial score (nSPS) is 18.3. The first-order chi connectivity index (χ1) is 14.6. The molecule has 162 valence electrons. The zero-order chi connectivity index (χ0) is 22.3. The summed E-state index contributed by atoms with van der Waals surface area (Å²) < 4.78 is 42.4. The van der Waals surface area contributed by atoms with Crippen molar-refractivity contribution >= 4 is 17.4 Å². The minimum absolute atomic E-state index is 0.0683. The highest BCUT2D eigenvalue weighted by Crippen LogP contribution is 2.43. The van der Waals surface area contributed by atoms with Crippen LogP contribution in [0.3, 0.4) is 0 Å². The van der Waals surface area contributed by atoms with Gasteiger partial charge in [0.15, 0.2) is 11.7 Å². The van der Waals surface area contributed by atoms with Crippen molar-refractivity contribution in [1.29, 1.82) is 0 Å². The molecule has 0 fully saturated rings. The number of amides is 1. The number of benzene rings is 2. The van der Waals surface area contributed by atoms with Crippen molar-refractivity contribution in [1.82, 2.24) is 9.78 Å². The smallest absolute Gasteiger partial charge is 0.363 e. The van der Waals surface area contributed by atoms with Crippen molar-refractivity contribution in [2.75, 3.05) is 10.6 Å². The van der Waals surface area contributed by atoms with E-state index in [2.05, 4.69) is 15.7 Å².